The second-order valence-corrected chi connectivity index (χ2v) is 3.61. The first kappa shape index (κ1) is 11.4. The third-order valence-electron chi connectivity index (χ3n) is 1.86. The van der Waals surface area contributed by atoms with E-state index < -0.39 is 0 Å². The molecule has 0 atom stereocenters. The molecule has 15 heavy (non-hydrogen) atoms. The third-order valence-corrected chi connectivity index (χ3v) is 1.86. The normalized spacial score (nSPS) is 21.1. The van der Waals surface area contributed by atoms with Gasteiger partial charge in [-0.3, -0.25) is 4.79 Å². The second kappa shape index (κ2) is 4.68. The van der Waals surface area contributed by atoms with Crippen molar-refractivity contribution in [1.29, 1.82) is 0 Å². The van der Waals surface area contributed by atoms with E-state index in [-0.39, 0.29) is 12.0 Å². The van der Waals surface area contributed by atoms with Gasteiger partial charge in [0.2, 0.25) is 5.91 Å². The molecular weight excluding hydrogens is 192 g/mol. The Morgan fingerprint density at radius 2 is 2.33 bits per heavy atom. The number of carbonyl (C=O) groups excluding carboxylic acids is 1. The topological polar surface area (TPSA) is 64.4 Å². The van der Waals surface area contributed by atoms with Crippen molar-refractivity contribution in [3.63, 3.8) is 0 Å². The van der Waals surface area contributed by atoms with Crippen LogP contribution in [-0.4, -0.2) is 12.0 Å². The molecule has 3 N–H and O–H groups in total. The lowest BCUT2D eigenvalue weighted by atomic mass is 10.1. The zero-order chi connectivity index (χ0) is 11.4. The van der Waals surface area contributed by atoms with E-state index in [4.69, 9.17) is 10.5 Å². The highest BCUT2D eigenvalue weighted by atomic mass is 16.5. The molecule has 1 aliphatic rings. The molecular formula is C11H16N2O2. The van der Waals surface area contributed by atoms with Gasteiger partial charge in [0.05, 0.1) is 18.2 Å². The van der Waals surface area contributed by atoms with Crippen LogP contribution < -0.4 is 11.1 Å². The average Bonchev–Trinajstić information content (AvgIpc) is 2.44. The molecule has 0 aromatic rings. The molecule has 4 heteroatoms. The Hall–Kier alpha value is -1.71. The van der Waals surface area contributed by atoms with Crippen molar-refractivity contribution in [2.75, 3.05) is 0 Å². The van der Waals surface area contributed by atoms with Gasteiger partial charge < -0.3 is 15.8 Å². The number of nitrogens with two attached hydrogens (primary N) is 1. The van der Waals surface area contributed by atoms with E-state index in [0.29, 0.717) is 17.9 Å². The number of allylic oxidation sites excluding steroid dienone is 2. The first-order valence-corrected chi connectivity index (χ1v) is 4.81. The zero-order valence-electron chi connectivity index (χ0n) is 9.04. The minimum Gasteiger partial charge on any atom is -0.492 e. The number of carbonyl (C=O) groups is 1. The van der Waals surface area contributed by atoms with Gasteiger partial charge in [0.15, 0.2) is 0 Å². The summed E-state index contributed by atoms with van der Waals surface area (Å²) in [6, 6.07) is 0. The highest BCUT2D eigenvalue weighted by Crippen LogP contribution is 2.20. The Morgan fingerprint density at radius 1 is 1.67 bits per heavy atom. The summed E-state index contributed by atoms with van der Waals surface area (Å²) in [5.41, 5.74) is 6.82. The number of hydrogen-bond donors (Lipinski definition) is 2. The largest absolute Gasteiger partial charge is 0.492 e. The summed E-state index contributed by atoms with van der Waals surface area (Å²) in [4.78, 5) is 11.1. The van der Waals surface area contributed by atoms with Crippen molar-refractivity contribution in [3.05, 3.63) is 35.9 Å². The smallest absolute Gasteiger partial charge is 0.228 e. The van der Waals surface area contributed by atoms with Crippen LogP contribution in [0.5, 0.6) is 0 Å². The molecule has 1 saturated heterocycles. The maximum Gasteiger partial charge on any atom is 0.228 e. The van der Waals surface area contributed by atoms with E-state index in [0.717, 1.165) is 5.57 Å². The summed E-state index contributed by atoms with van der Waals surface area (Å²) < 4.78 is 5.36. The SMILES string of the molecule is C=C(/C=C1/CC(=O)N/C1=C/N)OC(C)C. The molecule has 1 heterocycles. The molecule has 0 saturated carbocycles. The minimum atomic E-state index is -0.0599. The van der Waals surface area contributed by atoms with E-state index in [1.54, 1.807) is 6.08 Å². The van der Waals surface area contributed by atoms with Crippen molar-refractivity contribution in [2.45, 2.75) is 26.4 Å². The standard InChI is InChI=1S/C11H16N2O2/c1-7(2)15-8(3)4-9-5-11(14)13-10(9)6-12/h4,6-7H,3,5,12H2,1-2H3,(H,13,14)/b9-4-,10-6+. The van der Waals surface area contributed by atoms with E-state index in [1.165, 1.54) is 6.20 Å². The van der Waals surface area contributed by atoms with E-state index in [9.17, 15) is 4.79 Å². The van der Waals surface area contributed by atoms with Crippen molar-refractivity contribution in [3.8, 4) is 0 Å². The van der Waals surface area contributed by atoms with Crippen molar-refractivity contribution in [2.24, 2.45) is 5.73 Å². The molecule has 0 radical (unpaired) electrons. The summed E-state index contributed by atoms with van der Waals surface area (Å²) in [7, 11) is 0. The number of amides is 1. The van der Waals surface area contributed by atoms with Gasteiger partial charge in [-0.2, -0.15) is 0 Å². The molecule has 0 bridgehead atoms. The fourth-order valence-electron chi connectivity index (χ4n) is 1.35. The Bertz CT molecular complexity index is 340. The second-order valence-electron chi connectivity index (χ2n) is 3.61. The highest BCUT2D eigenvalue weighted by molar-refractivity contribution is 5.86. The maximum atomic E-state index is 11.1. The first-order chi connectivity index (χ1) is 7.02. The van der Waals surface area contributed by atoms with Gasteiger partial charge in [0, 0.05) is 6.20 Å². The number of ether oxygens (including phenoxy) is 1. The van der Waals surface area contributed by atoms with Gasteiger partial charge in [-0.05, 0) is 25.5 Å². The summed E-state index contributed by atoms with van der Waals surface area (Å²) in [6.07, 6.45) is 3.50. The average molecular weight is 208 g/mol. The van der Waals surface area contributed by atoms with Gasteiger partial charge in [-0.1, -0.05) is 6.58 Å². The molecule has 1 aliphatic heterocycles. The van der Waals surface area contributed by atoms with Crippen LogP contribution in [0.1, 0.15) is 20.3 Å². The number of nitrogens with one attached hydrogen (secondary N) is 1. The predicted molar refractivity (Wildman–Crippen MR) is 58.5 cm³/mol. The summed E-state index contributed by atoms with van der Waals surface area (Å²) in [5.74, 6) is 0.478. The Morgan fingerprint density at radius 3 is 2.87 bits per heavy atom. The Kier molecular flexibility index (Phi) is 3.55. The lowest BCUT2D eigenvalue weighted by Crippen LogP contribution is -2.12. The van der Waals surface area contributed by atoms with Crippen LogP contribution in [0.15, 0.2) is 35.9 Å². The van der Waals surface area contributed by atoms with Crippen LogP contribution in [0.3, 0.4) is 0 Å². The van der Waals surface area contributed by atoms with Crippen LogP contribution in [0.4, 0.5) is 0 Å². The van der Waals surface area contributed by atoms with Crippen LogP contribution in [0.25, 0.3) is 0 Å². The first-order valence-electron chi connectivity index (χ1n) is 4.81. The van der Waals surface area contributed by atoms with Crippen LogP contribution in [-0.2, 0) is 9.53 Å². The highest BCUT2D eigenvalue weighted by Gasteiger charge is 2.20. The van der Waals surface area contributed by atoms with Crippen molar-refractivity contribution < 1.29 is 9.53 Å². The fraction of sp³-hybridized carbons (Fsp3) is 0.364. The lowest BCUT2D eigenvalue weighted by Gasteiger charge is -2.09. The molecule has 0 spiro atoms. The summed E-state index contributed by atoms with van der Waals surface area (Å²) in [5, 5.41) is 2.64. The molecule has 0 aromatic carbocycles. The quantitative estimate of drug-likeness (QED) is 0.684. The molecule has 4 nitrogen and oxygen atoms in total. The maximum absolute atomic E-state index is 11.1. The number of hydrogen-bond acceptors (Lipinski definition) is 3. The molecule has 0 aromatic heterocycles. The number of rotatable bonds is 3. The monoisotopic (exact) mass is 208 g/mol. The molecule has 1 amide bonds. The molecule has 1 rings (SSSR count). The minimum absolute atomic E-state index is 0.0599. The van der Waals surface area contributed by atoms with Gasteiger partial charge in [0.1, 0.15) is 5.76 Å². The van der Waals surface area contributed by atoms with Gasteiger partial charge in [-0.15, -0.1) is 0 Å². The van der Waals surface area contributed by atoms with Gasteiger partial charge in [0.25, 0.3) is 0 Å². The molecule has 82 valence electrons. The van der Waals surface area contributed by atoms with Crippen LogP contribution in [0.2, 0.25) is 0 Å². The zero-order valence-corrected chi connectivity index (χ0v) is 9.04. The predicted octanol–water partition coefficient (Wildman–Crippen LogP) is 1.17. The molecule has 0 unspecified atom stereocenters. The molecule has 0 aliphatic carbocycles. The van der Waals surface area contributed by atoms with E-state index in [1.807, 2.05) is 13.8 Å². The van der Waals surface area contributed by atoms with Crippen LogP contribution in [0, 0.1) is 0 Å². The van der Waals surface area contributed by atoms with E-state index in [2.05, 4.69) is 11.9 Å². The Balaban J connectivity index is 2.74. The van der Waals surface area contributed by atoms with Gasteiger partial charge >= 0.3 is 0 Å². The lowest BCUT2D eigenvalue weighted by molar-refractivity contribution is -0.118. The van der Waals surface area contributed by atoms with Crippen molar-refractivity contribution in [1.82, 2.24) is 5.32 Å². The Labute approximate surface area is 89.5 Å². The van der Waals surface area contributed by atoms with E-state index >= 15 is 0 Å². The van der Waals surface area contributed by atoms with Gasteiger partial charge in [-0.25, -0.2) is 0 Å². The van der Waals surface area contributed by atoms with Crippen LogP contribution >= 0.6 is 0 Å². The van der Waals surface area contributed by atoms with Crippen molar-refractivity contribution >= 4 is 5.91 Å². The molecule has 1 fully saturated rings. The summed E-state index contributed by atoms with van der Waals surface area (Å²) >= 11 is 0. The summed E-state index contributed by atoms with van der Waals surface area (Å²) in [6.45, 7) is 7.58. The fourth-order valence-corrected chi connectivity index (χ4v) is 1.35. The third kappa shape index (κ3) is 3.16.